The summed E-state index contributed by atoms with van der Waals surface area (Å²) >= 11 is 0. The number of benzene rings is 6. The molecule has 0 spiro atoms. The number of fused-ring (bicyclic) bond motifs is 8. The van der Waals surface area contributed by atoms with Gasteiger partial charge in [0, 0.05) is 21.5 Å². The Morgan fingerprint density at radius 2 is 1.00 bits per heavy atom. The third-order valence-electron chi connectivity index (χ3n) is 8.97. The zero-order chi connectivity index (χ0) is 30.2. The van der Waals surface area contributed by atoms with Gasteiger partial charge in [0.25, 0.3) is 0 Å². The first-order valence-corrected chi connectivity index (χ1v) is 14.8. The van der Waals surface area contributed by atoms with Crippen LogP contribution in [-0.2, 0) is 5.41 Å². The molecule has 0 fully saturated rings. The lowest BCUT2D eigenvalue weighted by atomic mass is 9.86. The monoisotopic (exact) mass is 564 g/mol. The van der Waals surface area contributed by atoms with Gasteiger partial charge in [-0.25, -0.2) is 0 Å². The molecule has 6 aromatic carbocycles. The van der Waals surface area contributed by atoms with Gasteiger partial charge in [-0.05, 0) is 64.2 Å². The second-order valence-electron chi connectivity index (χ2n) is 12.4. The van der Waals surface area contributed by atoms with Crippen molar-refractivity contribution in [3.8, 4) is 23.5 Å². The molecular formula is C40H28N4. The molecule has 0 aliphatic carbocycles. The summed E-state index contributed by atoms with van der Waals surface area (Å²) in [6, 6.07) is 44.7. The number of nitrogens with zero attached hydrogens (tertiary/aromatic N) is 4. The maximum absolute atomic E-state index is 10.7. The van der Waals surface area contributed by atoms with Gasteiger partial charge in [0.15, 0.2) is 0 Å². The van der Waals surface area contributed by atoms with E-state index >= 15 is 0 Å². The van der Waals surface area contributed by atoms with Crippen LogP contribution < -0.4 is 0 Å². The third kappa shape index (κ3) is 3.55. The van der Waals surface area contributed by atoms with E-state index in [1.54, 1.807) is 0 Å². The highest BCUT2D eigenvalue weighted by Gasteiger charge is 2.24. The Morgan fingerprint density at radius 1 is 0.500 bits per heavy atom. The zero-order valence-corrected chi connectivity index (χ0v) is 24.8. The van der Waals surface area contributed by atoms with Gasteiger partial charge in [0.2, 0.25) is 0 Å². The number of aromatic nitrogens is 2. The van der Waals surface area contributed by atoms with Crippen LogP contribution in [0.2, 0.25) is 0 Å². The fourth-order valence-corrected chi connectivity index (χ4v) is 6.88. The molecule has 2 aromatic heterocycles. The van der Waals surface area contributed by atoms with Crippen LogP contribution in [0.4, 0.5) is 0 Å². The van der Waals surface area contributed by atoms with Crippen LogP contribution in [0.1, 0.15) is 37.5 Å². The Balaban J connectivity index is 1.49. The summed E-state index contributed by atoms with van der Waals surface area (Å²) in [5, 5.41) is 28.2. The van der Waals surface area contributed by atoms with Crippen LogP contribution in [0.15, 0.2) is 115 Å². The van der Waals surface area contributed by atoms with Crippen LogP contribution >= 0.6 is 0 Å². The number of hydrogen-bond acceptors (Lipinski definition) is 2. The van der Waals surface area contributed by atoms with Gasteiger partial charge < -0.3 is 9.13 Å². The second kappa shape index (κ2) is 9.33. The fourth-order valence-electron chi connectivity index (χ4n) is 6.88. The van der Waals surface area contributed by atoms with Crippen molar-refractivity contribution in [2.24, 2.45) is 0 Å². The van der Waals surface area contributed by atoms with E-state index in [-0.39, 0.29) is 5.41 Å². The Bertz CT molecular complexity index is 2500. The summed E-state index contributed by atoms with van der Waals surface area (Å²) in [5.41, 5.74) is 7.36. The quantitative estimate of drug-likeness (QED) is 0.210. The molecule has 4 heteroatoms. The summed E-state index contributed by atoms with van der Waals surface area (Å²) in [4.78, 5) is 0. The standard InChI is InChI=1S/C40H28N4/c1-40(2,3)26-17-19-35-30(22-26)39-27-11-5-4-10-25(27)16-18-38(39)44(35)37-21-20-36(31(23-41)32(37)24-42)43-33-14-8-6-12-28(33)29-13-7-9-15-34(29)43/h4-22H,1-3H3. The summed E-state index contributed by atoms with van der Waals surface area (Å²) in [6.45, 7) is 6.68. The van der Waals surface area contributed by atoms with E-state index in [0.717, 1.165) is 43.6 Å². The van der Waals surface area contributed by atoms with Crippen molar-refractivity contribution in [1.82, 2.24) is 9.13 Å². The zero-order valence-electron chi connectivity index (χ0n) is 24.8. The van der Waals surface area contributed by atoms with E-state index in [1.165, 1.54) is 16.3 Å². The SMILES string of the molecule is CC(C)(C)c1ccc2c(c1)c1c3ccccc3ccc1n2-c1ccc(-n2c3ccccc3c3ccccc32)c(C#N)c1C#N. The molecule has 0 atom stereocenters. The van der Waals surface area contributed by atoms with Crippen molar-refractivity contribution >= 4 is 54.4 Å². The molecule has 2 heterocycles. The summed E-state index contributed by atoms with van der Waals surface area (Å²) in [7, 11) is 0. The van der Waals surface area contributed by atoms with Crippen LogP contribution in [0, 0.1) is 22.7 Å². The first-order valence-electron chi connectivity index (χ1n) is 14.8. The van der Waals surface area contributed by atoms with Crippen molar-refractivity contribution < 1.29 is 0 Å². The van der Waals surface area contributed by atoms with E-state index in [4.69, 9.17) is 0 Å². The Morgan fingerprint density at radius 3 is 1.59 bits per heavy atom. The molecule has 0 saturated heterocycles. The smallest absolute Gasteiger partial charge is 0.103 e. The van der Waals surface area contributed by atoms with E-state index in [0.29, 0.717) is 22.5 Å². The molecule has 0 saturated carbocycles. The minimum atomic E-state index is -0.0249. The molecule has 4 nitrogen and oxygen atoms in total. The Hall–Kier alpha value is -5.84. The predicted octanol–water partition coefficient (Wildman–Crippen LogP) is 10.1. The average molecular weight is 565 g/mol. The maximum atomic E-state index is 10.7. The van der Waals surface area contributed by atoms with Gasteiger partial charge in [0.05, 0.1) is 44.6 Å². The van der Waals surface area contributed by atoms with E-state index in [2.05, 4.69) is 121 Å². The molecule has 0 aliphatic rings. The molecule has 0 N–H and O–H groups in total. The van der Waals surface area contributed by atoms with Gasteiger partial charge in [-0.3, -0.25) is 0 Å². The largest absolute Gasteiger partial charge is 0.308 e. The van der Waals surface area contributed by atoms with E-state index in [9.17, 15) is 10.5 Å². The van der Waals surface area contributed by atoms with Crippen molar-refractivity contribution in [2.75, 3.05) is 0 Å². The van der Waals surface area contributed by atoms with Crippen molar-refractivity contribution in [1.29, 1.82) is 10.5 Å². The predicted molar refractivity (Wildman–Crippen MR) is 181 cm³/mol. The highest BCUT2D eigenvalue weighted by Crippen LogP contribution is 2.41. The number of hydrogen-bond donors (Lipinski definition) is 0. The molecule has 8 rings (SSSR count). The van der Waals surface area contributed by atoms with Crippen LogP contribution in [0.5, 0.6) is 0 Å². The molecule has 0 bridgehead atoms. The molecule has 0 aliphatic heterocycles. The Labute approximate surface area is 255 Å². The number of para-hydroxylation sites is 2. The number of rotatable bonds is 2. The minimum absolute atomic E-state index is 0.0249. The van der Waals surface area contributed by atoms with Crippen LogP contribution in [-0.4, -0.2) is 9.13 Å². The fraction of sp³-hybridized carbons (Fsp3) is 0.100. The second-order valence-corrected chi connectivity index (χ2v) is 12.4. The molecule has 0 radical (unpaired) electrons. The van der Waals surface area contributed by atoms with Gasteiger partial charge >= 0.3 is 0 Å². The summed E-state index contributed by atoms with van der Waals surface area (Å²) in [6.07, 6.45) is 0. The molecule has 208 valence electrons. The van der Waals surface area contributed by atoms with Crippen molar-refractivity contribution in [2.45, 2.75) is 26.2 Å². The van der Waals surface area contributed by atoms with E-state index in [1.807, 2.05) is 36.4 Å². The number of nitriles is 2. The summed E-state index contributed by atoms with van der Waals surface area (Å²) < 4.78 is 4.28. The maximum Gasteiger partial charge on any atom is 0.103 e. The van der Waals surface area contributed by atoms with Crippen molar-refractivity contribution in [3.05, 3.63) is 132 Å². The van der Waals surface area contributed by atoms with E-state index < -0.39 is 0 Å². The first-order chi connectivity index (χ1) is 21.4. The lowest BCUT2D eigenvalue weighted by molar-refractivity contribution is 0.591. The molecule has 8 aromatic rings. The lowest BCUT2D eigenvalue weighted by Crippen LogP contribution is -2.10. The lowest BCUT2D eigenvalue weighted by Gasteiger charge is -2.19. The van der Waals surface area contributed by atoms with Gasteiger partial charge in [0.1, 0.15) is 12.1 Å². The molecule has 44 heavy (non-hydrogen) atoms. The molecular weight excluding hydrogens is 536 g/mol. The topological polar surface area (TPSA) is 57.4 Å². The molecule has 0 unspecified atom stereocenters. The third-order valence-corrected chi connectivity index (χ3v) is 8.97. The normalized spacial score (nSPS) is 11.9. The highest BCUT2D eigenvalue weighted by atomic mass is 15.0. The van der Waals surface area contributed by atoms with Gasteiger partial charge in [-0.1, -0.05) is 93.6 Å². The van der Waals surface area contributed by atoms with Gasteiger partial charge in [-0.2, -0.15) is 10.5 Å². The van der Waals surface area contributed by atoms with Crippen molar-refractivity contribution in [3.63, 3.8) is 0 Å². The highest BCUT2D eigenvalue weighted by molar-refractivity contribution is 6.21. The van der Waals surface area contributed by atoms with Crippen LogP contribution in [0.3, 0.4) is 0 Å². The van der Waals surface area contributed by atoms with Crippen LogP contribution in [0.25, 0.3) is 65.8 Å². The molecule has 0 amide bonds. The summed E-state index contributed by atoms with van der Waals surface area (Å²) in [5.74, 6) is 0. The van der Waals surface area contributed by atoms with Gasteiger partial charge in [-0.15, -0.1) is 0 Å². The average Bonchev–Trinajstić information content (AvgIpc) is 3.56. The Kier molecular flexibility index (Phi) is 5.48. The first kappa shape index (κ1) is 25.8. The minimum Gasteiger partial charge on any atom is -0.308 e.